The van der Waals surface area contributed by atoms with Crippen LogP contribution in [0.25, 0.3) is 0 Å². The number of Topliss-reactive ketones (excluding diaryl/α,β-unsaturated/α-hetero) is 1. The van der Waals surface area contributed by atoms with Gasteiger partial charge in [-0.1, -0.05) is 18.2 Å². The molecule has 0 saturated carbocycles. The molecule has 1 aromatic carbocycles. The van der Waals surface area contributed by atoms with E-state index in [0.717, 1.165) is 18.5 Å². The average Bonchev–Trinajstić information content (AvgIpc) is 2.24. The molecule has 1 N–H and O–H groups in total. The van der Waals surface area contributed by atoms with Crippen LogP contribution in [0.4, 0.5) is 5.69 Å². The van der Waals surface area contributed by atoms with Crippen LogP contribution in [0.3, 0.4) is 0 Å². The molecule has 1 rings (SSSR count). The van der Waals surface area contributed by atoms with E-state index in [9.17, 15) is 4.79 Å². The van der Waals surface area contributed by atoms with Gasteiger partial charge in [-0.15, -0.1) is 0 Å². The van der Waals surface area contributed by atoms with Crippen molar-refractivity contribution in [2.75, 3.05) is 12.1 Å². The smallest absolute Gasteiger partial charge is 0.129 e. The maximum atomic E-state index is 10.6. The van der Waals surface area contributed by atoms with Crippen LogP contribution in [-0.4, -0.2) is 12.4 Å². The van der Waals surface area contributed by atoms with Crippen molar-refractivity contribution in [3.63, 3.8) is 0 Å². The third-order valence-electron chi connectivity index (χ3n) is 1.99. The molecule has 15 heavy (non-hydrogen) atoms. The number of para-hydroxylation sites is 1. The van der Waals surface area contributed by atoms with Crippen LogP contribution < -0.4 is 5.48 Å². The first-order valence-corrected chi connectivity index (χ1v) is 5.21. The van der Waals surface area contributed by atoms with Crippen molar-refractivity contribution in [1.82, 2.24) is 0 Å². The van der Waals surface area contributed by atoms with E-state index < -0.39 is 0 Å². The lowest BCUT2D eigenvalue weighted by Gasteiger charge is -2.05. The number of hydrogen-bond donors (Lipinski definition) is 1. The fraction of sp³-hybridized carbons (Fsp3) is 0.417. The molecule has 0 amide bonds. The third-order valence-corrected chi connectivity index (χ3v) is 1.99. The predicted molar refractivity (Wildman–Crippen MR) is 60.5 cm³/mol. The van der Waals surface area contributed by atoms with Gasteiger partial charge < -0.3 is 4.79 Å². The van der Waals surface area contributed by atoms with Crippen molar-refractivity contribution in [3.8, 4) is 0 Å². The molecular formula is C12H17NO2. The van der Waals surface area contributed by atoms with Gasteiger partial charge in [-0.25, -0.2) is 0 Å². The molecule has 0 fully saturated rings. The topological polar surface area (TPSA) is 38.3 Å². The number of carbonyl (C=O) groups excluding carboxylic acids is 1. The van der Waals surface area contributed by atoms with Gasteiger partial charge in [0, 0.05) is 6.42 Å². The SMILES string of the molecule is CC(=O)CCCCONc1ccccc1. The molecule has 0 aliphatic rings. The van der Waals surface area contributed by atoms with E-state index in [-0.39, 0.29) is 5.78 Å². The minimum absolute atomic E-state index is 0.242. The van der Waals surface area contributed by atoms with Crippen LogP contribution in [0.5, 0.6) is 0 Å². The molecule has 0 saturated heterocycles. The summed E-state index contributed by atoms with van der Waals surface area (Å²) in [5, 5.41) is 0. The molecular weight excluding hydrogens is 190 g/mol. The van der Waals surface area contributed by atoms with Crippen LogP contribution in [0.2, 0.25) is 0 Å². The van der Waals surface area contributed by atoms with Crippen molar-refractivity contribution in [2.45, 2.75) is 26.2 Å². The number of anilines is 1. The minimum atomic E-state index is 0.242. The summed E-state index contributed by atoms with van der Waals surface area (Å²) in [7, 11) is 0. The van der Waals surface area contributed by atoms with Gasteiger partial charge in [0.05, 0.1) is 12.3 Å². The maximum absolute atomic E-state index is 10.6. The first kappa shape index (κ1) is 11.7. The zero-order valence-corrected chi connectivity index (χ0v) is 9.03. The summed E-state index contributed by atoms with van der Waals surface area (Å²) in [5.74, 6) is 0.242. The summed E-state index contributed by atoms with van der Waals surface area (Å²) in [4.78, 5) is 15.9. The predicted octanol–water partition coefficient (Wildman–Crippen LogP) is 2.79. The fourth-order valence-corrected chi connectivity index (χ4v) is 1.19. The molecule has 1 aromatic rings. The summed E-state index contributed by atoms with van der Waals surface area (Å²) < 4.78 is 0. The van der Waals surface area contributed by atoms with Crippen molar-refractivity contribution in [2.24, 2.45) is 0 Å². The summed E-state index contributed by atoms with van der Waals surface area (Å²) in [6.07, 6.45) is 2.44. The van der Waals surface area contributed by atoms with E-state index in [0.29, 0.717) is 13.0 Å². The number of benzene rings is 1. The van der Waals surface area contributed by atoms with Crippen molar-refractivity contribution < 1.29 is 9.63 Å². The Morgan fingerprint density at radius 1 is 1.27 bits per heavy atom. The monoisotopic (exact) mass is 207 g/mol. The molecule has 3 heteroatoms. The lowest BCUT2D eigenvalue weighted by molar-refractivity contribution is -0.117. The molecule has 82 valence electrons. The summed E-state index contributed by atoms with van der Waals surface area (Å²) in [5.41, 5.74) is 3.80. The lowest BCUT2D eigenvalue weighted by atomic mass is 10.2. The zero-order valence-electron chi connectivity index (χ0n) is 9.03. The summed E-state index contributed by atoms with van der Waals surface area (Å²) in [6, 6.07) is 9.73. The maximum Gasteiger partial charge on any atom is 0.129 e. The van der Waals surface area contributed by atoms with Gasteiger partial charge in [0.15, 0.2) is 0 Å². The first-order valence-electron chi connectivity index (χ1n) is 5.21. The van der Waals surface area contributed by atoms with Crippen LogP contribution in [0.15, 0.2) is 30.3 Å². The molecule has 0 unspecified atom stereocenters. The summed E-state index contributed by atoms with van der Waals surface area (Å²) in [6.45, 7) is 2.24. The third kappa shape index (κ3) is 5.86. The summed E-state index contributed by atoms with van der Waals surface area (Å²) >= 11 is 0. The minimum Gasteiger partial charge on any atom is -0.300 e. The second kappa shape index (κ2) is 7.01. The number of unbranched alkanes of at least 4 members (excludes halogenated alkanes) is 1. The zero-order chi connectivity index (χ0) is 10.9. The van der Waals surface area contributed by atoms with E-state index in [4.69, 9.17) is 4.84 Å². The molecule has 0 bridgehead atoms. The second-order valence-corrected chi connectivity index (χ2v) is 3.48. The fourth-order valence-electron chi connectivity index (χ4n) is 1.19. The van der Waals surface area contributed by atoms with Crippen LogP contribution >= 0.6 is 0 Å². The number of nitrogens with one attached hydrogen (secondary N) is 1. The average molecular weight is 207 g/mol. The van der Waals surface area contributed by atoms with Gasteiger partial charge in [-0.3, -0.25) is 10.3 Å². The van der Waals surface area contributed by atoms with E-state index in [1.807, 2.05) is 30.3 Å². The van der Waals surface area contributed by atoms with Gasteiger partial charge in [0.2, 0.25) is 0 Å². The van der Waals surface area contributed by atoms with Crippen molar-refractivity contribution in [3.05, 3.63) is 30.3 Å². The molecule has 0 heterocycles. The molecule has 0 aliphatic carbocycles. The number of rotatable bonds is 7. The molecule has 0 radical (unpaired) electrons. The number of carbonyl (C=O) groups is 1. The lowest BCUT2D eigenvalue weighted by Crippen LogP contribution is -2.03. The van der Waals surface area contributed by atoms with Crippen molar-refractivity contribution >= 4 is 11.5 Å². The van der Waals surface area contributed by atoms with E-state index in [1.165, 1.54) is 0 Å². The standard InChI is InChI=1S/C12H17NO2/c1-11(14)7-5-6-10-15-13-12-8-3-2-4-9-12/h2-4,8-9,13H,5-7,10H2,1H3. The van der Waals surface area contributed by atoms with E-state index in [2.05, 4.69) is 5.48 Å². The largest absolute Gasteiger partial charge is 0.300 e. The van der Waals surface area contributed by atoms with Gasteiger partial charge in [-0.05, 0) is 31.9 Å². The van der Waals surface area contributed by atoms with Gasteiger partial charge in [0.25, 0.3) is 0 Å². The Bertz CT molecular complexity index is 285. The van der Waals surface area contributed by atoms with Gasteiger partial charge >= 0.3 is 0 Å². The molecule has 0 aliphatic heterocycles. The highest BCUT2D eigenvalue weighted by molar-refractivity contribution is 5.75. The first-order chi connectivity index (χ1) is 7.29. The quantitative estimate of drug-likeness (QED) is 0.552. The Kier molecular flexibility index (Phi) is 5.48. The van der Waals surface area contributed by atoms with E-state index >= 15 is 0 Å². The van der Waals surface area contributed by atoms with Crippen LogP contribution in [0, 0.1) is 0 Å². The highest BCUT2D eigenvalue weighted by Gasteiger charge is 1.94. The molecule has 3 nitrogen and oxygen atoms in total. The Morgan fingerprint density at radius 3 is 2.67 bits per heavy atom. The Balaban J connectivity index is 2.00. The Labute approximate surface area is 90.4 Å². The van der Waals surface area contributed by atoms with Crippen LogP contribution in [0.1, 0.15) is 26.2 Å². The highest BCUT2D eigenvalue weighted by atomic mass is 16.6. The normalized spacial score (nSPS) is 9.93. The highest BCUT2D eigenvalue weighted by Crippen LogP contribution is 2.05. The Hall–Kier alpha value is -1.35. The molecule has 0 spiro atoms. The van der Waals surface area contributed by atoms with Gasteiger partial charge in [-0.2, -0.15) is 0 Å². The van der Waals surface area contributed by atoms with E-state index in [1.54, 1.807) is 6.92 Å². The number of ketones is 1. The van der Waals surface area contributed by atoms with Crippen LogP contribution in [-0.2, 0) is 9.63 Å². The molecule has 0 atom stereocenters. The van der Waals surface area contributed by atoms with Crippen molar-refractivity contribution in [1.29, 1.82) is 0 Å². The molecule has 0 aromatic heterocycles. The Morgan fingerprint density at radius 2 is 2.00 bits per heavy atom. The second-order valence-electron chi connectivity index (χ2n) is 3.48. The van der Waals surface area contributed by atoms with Gasteiger partial charge in [0.1, 0.15) is 5.78 Å². The number of hydrogen-bond acceptors (Lipinski definition) is 3.